The van der Waals surface area contributed by atoms with Crippen molar-refractivity contribution >= 4 is 11.0 Å². The molecule has 0 saturated carbocycles. The molecule has 3 heteroatoms. The Bertz CT molecular complexity index is 514. The Kier molecular flexibility index (Phi) is 1.83. The number of imidazole rings is 1. The van der Waals surface area contributed by atoms with Crippen LogP contribution < -0.4 is 0 Å². The molecule has 0 saturated heterocycles. The summed E-state index contributed by atoms with van der Waals surface area (Å²) in [6, 6.07) is 6.01. The average Bonchev–Trinajstić information content (AvgIpc) is 2.75. The van der Waals surface area contributed by atoms with E-state index in [2.05, 4.69) is 15.6 Å². The fraction of sp³-hybridized carbons (Fsp3) is 0.417. The number of aryl methyl sites for hydroxylation is 2. The molecule has 0 fully saturated rings. The minimum Gasteiger partial charge on any atom is -0.389 e. The van der Waals surface area contributed by atoms with Gasteiger partial charge >= 0.3 is 0 Å². The van der Waals surface area contributed by atoms with Crippen LogP contribution in [-0.4, -0.2) is 14.7 Å². The quantitative estimate of drug-likeness (QED) is 0.768. The third-order valence-corrected chi connectivity index (χ3v) is 3.12. The fourth-order valence-corrected chi connectivity index (χ4v) is 2.29. The summed E-state index contributed by atoms with van der Waals surface area (Å²) in [5, 5.41) is 9.54. The second-order valence-corrected chi connectivity index (χ2v) is 4.21. The predicted octanol–water partition coefficient (Wildman–Crippen LogP) is 2.04. The van der Waals surface area contributed by atoms with E-state index >= 15 is 0 Å². The Hall–Kier alpha value is -1.35. The third kappa shape index (κ3) is 1.27. The highest BCUT2D eigenvalue weighted by Gasteiger charge is 2.16. The molecule has 1 aliphatic rings. The van der Waals surface area contributed by atoms with Crippen molar-refractivity contribution in [3.8, 4) is 0 Å². The van der Waals surface area contributed by atoms with Gasteiger partial charge in [0.2, 0.25) is 0 Å². The first kappa shape index (κ1) is 8.92. The number of fused-ring (bicyclic) bond motifs is 3. The van der Waals surface area contributed by atoms with Crippen molar-refractivity contribution < 1.29 is 5.11 Å². The zero-order valence-electron chi connectivity index (χ0n) is 8.77. The Morgan fingerprint density at radius 3 is 3.13 bits per heavy atom. The van der Waals surface area contributed by atoms with Crippen LogP contribution in [0.15, 0.2) is 18.2 Å². The first-order valence-corrected chi connectivity index (χ1v) is 5.43. The Morgan fingerprint density at radius 2 is 2.33 bits per heavy atom. The van der Waals surface area contributed by atoms with Gasteiger partial charge in [-0.15, -0.1) is 0 Å². The molecule has 0 aliphatic carbocycles. The first-order valence-electron chi connectivity index (χ1n) is 5.43. The number of rotatable bonds is 1. The lowest BCUT2D eigenvalue weighted by Gasteiger charge is -2.05. The summed E-state index contributed by atoms with van der Waals surface area (Å²) in [4.78, 5) is 4.58. The maximum absolute atomic E-state index is 9.54. The minimum atomic E-state index is -0.401. The molecular formula is C12H14N2O. The number of aromatic nitrogens is 2. The van der Waals surface area contributed by atoms with E-state index in [9.17, 15) is 5.11 Å². The molecule has 0 spiro atoms. The van der Waals surface area contributed by atoms with E-state index in [-0.39, 0.29) is 0 Å². The maximum atomic E-state index is 9.54. The molecule has 15 heavy (non-hydrogen) atoms. The standard InChI is InChI=1S/C12H14N2O/c1-8(15)9-4-5-10-11(7-9)14-6-2-3-12(14)13-10/h4-5,7-8,15H,2-3,6H2,1H3. The second-order valence-electron chi connectivity index (χ2n) is 4.21. The first-order chi connectivity index (χ1) is 7.25. The monoisotopic (exact) mass is 202 g/mol. The molecule has 1 atom stereocenters. The zero-order valence-corrected chi connectivity index (χ0v) is 8.77. The molecule has 3 nitrogen and oxygen atoms in total. The normalized spacial score (nSPS) is 16.9. The largest absolute Gasteiger partial charge is 0.389 e. The summed E-state index contributed by atoms with van der Waals surface area (Å²) < 4.78 is 2.27. The van der Waals surface area contributed by atoms with Crippen LogP contribution in [0.4, 0.5) is 0 Å². The summed E-state index contributed by atoms with van der Waals surface area (Å²) in [5.41, 5.74) is 3.19. The van der Waals surface area contributed by atoms with Crippen molar-refractivity contribution in [3.05, 3.63) is 29.6 Å². The van der Waals surface area contributed by atoms with Crippen LogP contribution in [0.3, 0.4) is 0 Å². The van der Waals surface area contributed by atoms with Crippen molar-refractivity contribution in [1.29, 1.82) is 0 Å². The van der Waals surface area contributed by atoms with Gasteiger partial charge in [0.1, 0.15) is 5.82 Å². The lowest BCUT2D eigenvalue weighted by molar-refractivity contribution is 0.199. The Labute approximate surface area is 88.4 Å². The molecular weight excluding hydrogens is 188 g/mol. The SMILES string of the molecule is CC(O)c1ccc2nc3n(c2c1)CCC3. The Morgan fingerprint density at radius 1 is 1.47 bits per heavy atom. The molecule has 0 radical (unpaired) electrons. The summed E-state index contributed by atoms with van der Waals surface area (Å²) in [7, 11) is 0. The van der Waals surface area contributed by atoms with E-state index in [4.69, 9.17) is 0 Å². The third-order valence-electron chi connectivity index (χ3n) is 3.12. The summed E-state index contributed by atoms with van der Waals surface area (Å²) in [5.74, 6) is 1.19. The molecule has 3 rings (SSSR count). The van der Waals surface area contributed by atoms with Crippen molar-refractivity contribution in [3.63, 3.8) is 0 Å². The lowest BCUT2D eigenvalue weighted by atomic mass is 10.1. The van der Waals surface area contributed by atoms with Gasteiger partial charge in [-0.2, -0.15) is 0 Å². The van der Waals surface area contributed by atoms with Gasteiger partial charge in [0.25, 0.3) is 0 Å². The van der Waals surface area contributed by atoms with Gasteiger partial charge in [-0.3, -0.25) is 0 Å². The highest BCUT2D eigenvalue weighted by Crippen LogP contribution is 2.25. The predicted molar refractivity (Wildman–Crippen MR) is 58.7 cm³/mol. The van der Waals surface area contributed by atoms with Crippen molar-refractivity contribution in [2.75, 3.05) is 0 Å². The summed E-state index contributed by atoms with van der Waals surface area (Å²) in [6.45, 7) is 2.86. The van der Waals surface area contributed by atoms with Crippen LogP contribution in [-0.2, 0) is 13.0 Å². The number of hydrogen-bond donors (Lipinski definition) is 1. The summed E-state index contributed by atoms with van der Waals surface area (Å²) >= 11 is 0. The van der Waals surface area contributed by atoms with Crippen LogP contribution in [0.2, 0.25) is 0 Å². The van der Waals surface area contributed by atoms with Crippen LogP contribution in [0, 0.1) is 0 Å². The van der Waals surface area contributed by atoms with Crippen molar-refractivity contribution in [1.82, 2.24) is 9.55 Å². The number of hydrogen-bond acceptors (Lipinski definition) is 2. The molecule has 0 bridgehead atoms. The number of nitrogens with zero attached hydrogens (tertiary/aromatic N) is 2. The van der Waals surface area contributed by atoms with E-state index in [1.807, 2.05) is 12.1 Å². The van der Waals surface area contributed by atoms with E-state index in [0.29, 0.717) is 0 Å². The molecule has 2 aromatic rings. The van der Waals surface area contributed by atoms with Gasteiger partial charge in [0.15, 0.2) is 0 Å². The highest BCUT2D eigenvalue weighted by atomic mass is 16.3. The maximum Gasteiger partial charge on any atom is 0.109 e. The molecule has 1 aromatic heterocycles. The average molecular weight is 202 g/mol. The Balaban J connectivity index is 2.25. The molecule has 1 aliphatic heterocycles. The number of aliphatic hydroxyl groups excluding tert-OH is 1. The molecule has 2 heterocycles. The van der Waals surface area contributed by atoms with Crippen molar-refractivity contribution in [2.24, 2.45) is 0 Å². The second kappa shape index (κ2) is 3.07. The molecule has 1 unspecified atom stereocenters. The zero-order chi connectivity index (χ0) is 10.4. The van der Waals surface area contributed by atoms with Gasteiger partial charge in [0, 0.05) is 13.0 Å². The molecule has 78 valence electrons. The smallest absolute Gasteiger partial charge is 0.109 e. The highest BCUT2D eigenvalue weighted by molar-refractivity contribution is 5.77. The molecule has 0 amide bonds. The minimum absolute atomic E-state index is 0.401. The number of benzene rings is 1. The topological polar surface area (TPSA) is 38.1 Å². The van der Waals surface area contributed by atoms with E-state index in [0.717, 1.165) is 24.0 Å². The van der Waals surface area contributed by atoms with Gasteiger partial charge in [-0.25, -0.2) is 4.98 Å². The van der Waals surface area contributed by atoms with Crippen LogP contribution >= 0.6 is 0 Å². The van der Waals surface area contributed by atoms with E-state index < -0.39 is 6.10 Å². The van der Waals surface area contributed by atoms with Crippen LogP contribution in [0.5, 0.6) is 0 Å². The van der Waals surface area contributed by atoms with E-state index in [1.165, 1.54) is 17.8 Å². The van der Waals surface area contributed by atoms with Crippen LogP contribution in [0.25, 0.3) is 11.0 Å². The van der Waals surface area contributed by atoms with Crippen molar-refractivity contribution in [2.45, 2.75) is 32.4 Å². The lowest BCUT2D eigenvalue weighted by Crippen LogP contribution is -1.94. The molecule has 1 N–H and O–H groups in total. The molecule has 1 aromatic carbocycles. The van der Waals surface area contributed by atoms with Gasteiger partial charge in [-0.1, -0.05) is 6.07 Å². The van der Waals surface area contributed by atoms with Gasteiger partial charge in [-0.05, 0) is 31.0 Å². The van der Waals surface area contributed by atoms with E-state index in [1.54, 1.807) is 6.92 Å². The van der Waals surface area contributed by atoms with Gasteiger partial charge in [0.05, 0.1) is 17.1 Å². The fourth-order valence-electron chi connectivity index (χ4n) is 2.29. The number of aliphatic hydroxyl groups is 1. The van der Waals surface area contributed by atoms with Gasteiger partial charge < -0.3 is 9.67 Å². The van der Waals surface area contributed by atoms with Crippen LogP contribution in [0.1, 0.15) is 30.8 Å². The summed E-state index contributed by atoms with van der Waals surface area (Å²) in [6.07, 6.45) is 1.87.